The van der Waals surface area contributed by atoms with Crippen molar-refractivity contribution in [3.63, 3.8) is 0 Å². The molecule has 116 valence electrons. The van der Waals surface area contributed by atoms with Crippen LogP contribution in [0.1, 0.15) is 29.0 Å². The molecule has 4 nitrogen and oxygen atoms in total. The Morgan fingerprint density at radius 2 is 1.78 bits per heavy atom. The molecule has 0 saturated carbocycles. The Morgan fingerprint density at radius 1 is 1.04 bits per heavy atom. The number of benzene rings is 2. The van der Waals surface area contributed by atoms with Gasteiger partial charge in [-0.3, -0.25) is 0 Å². The summed E-state index contributed by atoms with van der Waals surface area (Å²) < 4.78 is 11.1. The van der Waals surface area contributed by atoms with E-state index in [1.807, 2.05) is 37.3 Å². The molecule has 2 aromatic carbocycles. The van der Waals surface area contributed by atoms with Crippen LogP contribution in [0.2, 0.25) is 0 Å². The highest BCUT2D eigenvalue weighted by Gasteiger charge is 2.12. The quantitative estimate of drug-likeness (QED) is 0.810. The molecule has 0 aliphatic rings. The molecule has 0 heterocycles. The van der Waals surface area contributed by atoms with Crippen LogP contribution in [0.25, 0.3) is 0 Å². The fourth-order valence-corrected chi connectivity index (χ4v) is 2.28. The Labute approximate surface area is 136 Å². The Bertz CT molecular complexity index is 739. The monoisotopic (exact) mass is 306 g/mol. The fraction of sp³-hybridized carbons (Fsp3) is 0.263. The molecule has 4 heteroatoms. The van der Waals surface area contributed by atoms with Crippen molar-refractivity contribution in [1.82, 2.24) is 0 Å². The molecule has 0 spiro atoms. The van der Waals surface area contributed by atoms with Crippen molar-refractivity contribution in [3.8, 4) is 23.6 Å². The second-order valence-electron chi connectivity index (χ2n) is 5.21. The van der Waals surface area contributed by atoms with Crippen LogP contribution < -0.4 is 9.47 Å². The van der Waals surface area contributed by atoms with Gasteiger partial charge >= 0.3 is 0 Å². The minimum Gasteiger partial charge on any atom is -0.493 e. The molecular formula is C19H18N2O2. The molecule has 1 unspecified atom stereocenters. The Balaban J connectivity index is 1.99. The summed E-state index contributed by atoms with van der Waals surface area (Å²) in [5, 5.41) is 18.2. The summed E-state index contributed by atoms with van der Waals surface area (Å²) >= 11 is 0. The van der Waals surface area contributed by atoms with E-state index in [0.29, 0.717) is 30.1 Å². The van der Waals surface area contributed by atoms with Crippen LogP contribution in [0.4, 0.5) is 0 Å². The first kappa shape index (κ1) is 16.4. The smallest absolute Gasteiger partial charge is 0.161 e. The zero-order valence-electron chi connectivity index (χ0n) is 13.2. The van der Waals surface area contributed by atoms with Gasteiger partial charge in [-0.1, -0.05) is 18.2 Å². The third kappa shape index (κ3) is 4.25. The number of methoxy groups -OCH3 is 1. The van der Waals surface area contributed by atoms with Gasteiger partial charge in [0.05, 0.1) is 37.3 Å². The molecule has 0 saturated heterocycles. The predicted octanol–water partition coefficient (Wildman–Crippen LogP) is 3.95. The summed E-state index contributed by atoms with van der Waals surface area (Å²) in [6, 6.07) is 17.2. The van der Waals surface area contributed by atoms with Gasteiger partial charge in [0.1, 0.15) is 0 Å². The van der Waals surface area contributed by atoms with E-state index in [9.17, 15) is 5.26 Å². The van der Waals surface area contributed by atoms with Gasteiger partial charge in [0.15, 0.2) is 11.5 Å². The molecule has 0 aliphatic heterocycles. The van der Waals surface area contributed by atoms with Crippen molar-refractivity contribution >= 4 is 0 Å². The van der Waals surface area contributed by atoms with Gasteiger partial charge in [-0.15, -0.1) is 0 Å². The van der Waals surface area contributed by atoms with Gasteiger partial charge in [0, 0.05) is 6.42 Å². The molecule has 2 rings (SSSR count). The summed E-state index contributed by atoms with van der Waals surface area (Å²) in [4.78, 5) is 0. The summed E-state index contributed by atoms with van der Waals surface area (Å²) in [6.45, 7) is 2.40. The Kier molecular flexibility index (Phi) is 5.61. The highest BCUT2D eigenvalue weighted by atomic mass is 16.5. The second-order valence-corrected chi connectivity index (χ2v) is 5.21. The lowest BCUT2D eigenvalue weighted by Gasteiger charge is -2.13. The van der Waals surface area contributed by atoms with E-state index >= 15 is 0 Å². The molecule has 0 fully saturated rings. The summed E-state index contributed by atoms with van der Waals surface area (Å²) in [7, 11) is 1.61. The molecule has 0 amide bonds. The van der Waals surface area contributed by atoms with E-state index in [-0.39, 0.29) is 5.92 Å². The van der Waals surface area contributed by atoms with Gasteiger partial charge in [0.25, 0.3) is 0 Å². The van der Waals surface area contributed by atoms with Crippen molar-refractivity contribution in [2.75, 3.05) is 13.7 Å². The van der Waals surface area contributed by atoms with Crippen LogP contribution >= 0.6 is 0 Å². The Hall–Kier alpha value is -2.98. The van der Waals surface area contributed by atoms with E-state index in [4.69, 9.17) is 14.7 Å². The van der Waals surface area contributed by atoms with Crippen molar-refractivity contribution in [3.05, 3.63) is 59.2 Å². The van der Waals surface area contributed by atoms with E-state index in [2.05, 4.69) is 12.1 Å². The van der Waals surface area contributed by atoms with Gasteiger partial charge in [-0.25, -0.2) is 0 Å². The molecule has 2 aromatic rings. The van der Waals surface area contributed by atoms with Crippen molar-refractivity contribution in [2.45, 2.75) is 19.3 Å². The normalized spacial score (nSPS) is 11.1. The van der Waals surface area contributed by atoms with Crippen LogP contribution in [0.3, 0.4) is 0 Å². The Morgan fingerprint density at radius 3 is 2.39 bits per heavy atom. The third-order valence-corrected chi connectivity index (χ3v) is 3.58. The van der Waals surface area contributed by atoms with Crippen molar-refractivity contribution in [2.24, 2.45) is 0 Å². The van der Waals surface area contributed by atoms with Crippen LogP contribution in [0, 0.1) is 29.6 Å². The van der Waals surface area contributed by atoms with Gasteiger partial charge in [-0.2, -0.15) is 10.5 Å². The first-order valence-electron chi connectivity index (χ1n) is 7.35. The SMILES string of the molecule is COc1cc(C)ccc1OCCC(C#N)c1ccc(C#N)cc1. The molecule has 1 atom stereocenters. The number of ether oxygens (including phenoxy) is 2. The number of hydrogen-bond acceptors (Lipinski definition) is 4. The van der Waals surface area contributed by atoms with Gasteiger partial charge in [0.2, 0.25) is 0 Å². The topological polar surface area (TPSA) is 66.0 Å². The average Bonchev–Trinajstić information content (AvgIpc) is 2.60. The molecule has 23 heavy (non-hydrogen) atoms. The zero-order valence-corrected chi connectivity index (χ0v) is 13.2. The highest BCUT2D eigenvalue weighted by Crippen LogP contribution is 2.28. The maximum atomic E-state index is 9.35. The number of rotatable bonds is 6. The average molecular weight is 306 g/mol. The maximum absolute atomic E-state index is 9.35. The molecule has 0 aliphatic carbocycles. The van der Waals surface area contributed by atoms with Crippen LogP contribution in [-0.4, -0.2) is 13.7 Å². The van der Waals surface area contributed by atoms with Crippen LogP contribution in [0.5, 0.6) is 11.5 Å². The van der Waals surface area contributed by atoms with Crippen molar-refractivity contribution < 1.29 is 9.47 Å². The highest BCUT2D eigenvalue weighted by molar-refractivity contribution is 5.42. The summed E-state index contributed by atoms with van der Waals surface area (Å²) in [5.41, 5.74) is 2.58. The third-order valence-electron chi connectivity index (χ3n) is 3.58. The van der Waals surface area contributed by atoms with E-state index < -0.39 is 0 Å². The second kappa shape index (κ2) is 7.87. The molecule has 0 radical (unpaired) electrons. The molecule has 0 bridgehead atoms. The van der Waals surface area contributed by atoms with Gasteiger partial charge in [-0.05, 0) is 42.3 Å². The predicted molar refractivity (Wildman–Crippen MR) is 87.4 cm³/mol. The molecular weight excluding hydrogens is 288 g/mol. The largest absolute Gasteiger partial charge is 0.493 e. The van der Waals surface area contributed by atoms with E-state index in [1.54, 1.807) is 19.2 Å². The first-order chi connectivity index (χ1) is 11.2. The number of nitriles is 2. The molecule has 0 N–H and O–H groups in total. The number of hydrogen-bond donors (Lipinski definition) is 0. The van der Waals surface area contributed by atoms with E-state index in [0.717, 1.165) is 11.1 Å². The summed E-state index contributed by atoms with van der Waals surface area (Å²) in [5.74, 6) is 1.10. The minimum atomic E-state index is -0.265. The lowest BCUT2D eigenvalue weighted by molar-refractivity contribution is 0.285. The molecule has 0 aromatic heterocycles. The number of nitrogens with zero attached hydrogens (tertiary/aromatic N) is 2. The van der Waals surface area contributed by atoms with Crippen LogP contribution in [0.15, 0.2) is 42.5 Å². The lowest BCUT2D eigenvalue weighted by atomic mass is 9.97. The van der Waals surface area contributed by atoms with E-state index in [1.165, 1.54) is 0 Å². The van der Waals surface area contributed by atoms with Gasteiger partial charge < -0.3 is 9.47 Å². The maximum Gasteiger partial charge on any atom is 0.161 e. The lowest BCUT2D eigenvalue weighted by Crippen LogP contribution is -2.05. The van der Waals surface area contributed by atoms with Crippen molar-refractivity contribution in [1.29, 1.82) is 10.5 Å². The first-order valence-corrected chi connectivity index (χ1v) is 7.35. The summed E-state index contributed by atoms with van der Waals surface area (Å²) in [6.07, 6.45) is 0.569. The number of aryl methyl sites for hydroxylation is 1. The minimum absolute atomic E-state index is 0.265. The zero-order chi connectivity index (χ0) is 16.7. The fourth-order valence-electron chi connectivity index (χ4n) is 2.28. The van der Waals surface area contributed by atoms with Crippen LogP contribution in [-0.2, 0) is 0 Å². The standard InChI is InChI=1S/C19H18N2O2/c1-14-3-8-18(19(11-14)22-2)23-10-9-17(13-21)16-6-4-15(12-20)5-7-16/h3-8,11,17H,9-10H2,1-2H3.